The first-order valence-electron chi connectivity index (χ1n) is 12.8. The largest absolute Gasteiger partial charge is 0.378 e. The van der Waals surface area contributed by atoms with E-state index < -0.39 is 17.9 Å². The number of fused-ring (bicyclic) bond motifs is 1. The summed E-state index contributed by atoms with van der Waals surface area (Å²) >= 11 is 0. The quantitative estimate of drug-likeness (QED) is 0.637. The molecule has 0 saturated carbocycles. The normalized spacial score (nSPS) is 22.6. The van der Waals surface area contributed by atoms with Crippen LogP contribution in [0.3, 0.4) is 0 Å². The van der Waals surface area contributed by atoms with Crippen LogP contribution in [0.2, 0.25) is 0 Å². The van der Waals surface area contributed by atoms with Crippen molar-refractivity contribution in [2.45, 2.75) is 38.3 Å². The lowest BCUT2D eigenvalue weighted by molar-refractivity contribution is -0.136. The molecule has 1 atom stereocenters. The number of amides is 3. The molecule has 10 nitrogen and oxygen atoms in total. The van der Waals surface area contributed by atoms with Gasteiger partial charge in [-0.05, 0) is 18.4 Å². The van der Waals surface area contributed by atoms with Crippen molar-refractivity contribution < 1.29 is 19.1 Å². The lowest BCUT2D eigenvalue weighted by Gasteiger charge is -2.32. The number of aromatic nitrogens is 2. The smallest absolute Gasteiger partial charge is 0.261 e. The summed E-state index contributed by atoms with van der Waals surface area (Å²) in [6, 6.07) is 5.45. The molecule has 1 fully saturated rings. The van der Waals surface area contributed by atoms with Crippen LogP contribution in [0.5, 0.6) is 0 Å². The first-order valence-corrected chi connectivity index (χ1v) is 12.8. The number of nitrogens with zero attached hydrogens (tertiary/aromatic N) is 5. The van der Waals surface area contributed by atoms with E-state index in [-0.39, 0.29) is 11.5 Å². The number of aryl methyl sites for hydroxylation is 1. The van der Waals surface area contributed by atoms with Gasteiger partial charge in [-0.25, -0.2) is 4.98 Å². The number of benzene rings is 1. The minimum atomic E-state index is -0.469. The maximum atomic E-state index is 13.5. The molecule has 1 unspecified atom stereocenters. The number of carbonyl (C=O) groups excluding carboxylic acids is 3. The predicted octanol–water partition coefficient (Wildman–Crippen LogP) is 1.19. The number of imide groups is 1. The van der Waals surface area contributed by atoms with Crippen molar-refractivity contribution in [3.05, 3.63) is 65.0 Å². The first kappa shape index (κ1) is 22.2. The van der Waals surface area contributed by atoms with Gasteiger partial charge in [0.25, 0.3) is 11.8 Å². The van der Waals surface area contributed by atoms with E-state index in [0.717, 1.165) is 48.4 Å². The Kier molecular flexibility index (Phi) is 5.10. The Balaban J connectivity index is 1.33. The van der Waals surface area contributed by atoms with Gasteiger partial charge < -0.3 is 19.1 Å². The molecular formula is C27H26N6O4. The Morgan fingerprint density at radius 1 is 1.05 bits per heavy atom. The number of hydrogen-bond donors (Lipinski definition) is 1. The second-order valence-corrected chi connectivity index (χ2v) is 9.86. The topological polar surface area (TPSA) is 109 Å². The summed E-state index contributed by atoms with van der Waals surface area (Å²) in [5.74, 6) is 0.0785. The highest BCUT2D eigenvalue weighted by atomic mass is 16.5. The fourth-order valence-electron chi connectivity index (χ4n) is 6.08. The van der Waals surface area contributed by atoms with Crippen LogP contribution in [0.15, 0.2) is 47.4 Å². The van der Waals surface area contributed by atoms with E-state index in [1.807, 2.05) is 32.6 Å². The number of carbonyl (C=O) groups is 3. The highest BCUT2D eigenvalue weighted by Crippen LogP contribution is 2.40. The third-order valence-electron chi connectivity index (χ3n) is 7.82. The van der Waals surface area contributed by atoms with Gasteiger partial charge in [0.2, 0.25) is 5.91 Å². The Labute approximate surface area is 213 Å². The molecule has 5 aliphatic heterocycles. The second-order valence-electron chi connectivity index (χ2n) is 9.86. The molecule has 2 aromatic rings. The number of ether oxygens (including phenoxy) is 1. The highest BCUT2D eigenvalue weighted by Gasteiger charge is 2.42. The molecule has 0 aliphatic carbocycles. The number of hydrogen-bond acceptors (Lipinski definition) is 7. The van der Waals surface area contributed by atoms with E-state index in [2.05, 4.69) is 15.3 Å². The van der Waals surface area contributed by atoms with Gasteiger partial charge in [0.05, 0.1) is 47.6 Å². The highest BCUT2D eigenvalue weighted by molar-refractivity contribution is 6.47. The second kappa shape index (κ2) is 8.52. The zero-order chi connectivity index (χ0) is 25.1. The SMILES string of the molecule is O=C1NC(=O)C(c2cnc3n2CCCC3)=C1C1=NC=CN2c3c(cccc31)CC2C(=O)N1CCOCC1. The van der Waals surface area contributed by atoms with Crippen LogP contribution in [-0.4, -0.2) is 70.2 Å². The third-order valence-corrected chi connectivity index (χ3v) is 7.82. The number of nitrogens with one attached hydrogen (secondary N) is 1. The minimum absolute atomic E-state index is 0.0538. The van der Waals surface area contributed by atoms with Crippen molar-refractivity contribution >= 4 is 34.7 Å². The fraction of sp³-hybridized carbons (Fsp3) is 0.370. The maximum absolute atomic E-state index is 13.5. The molecule has 3 amide bonds. The Morgan fingerprint density at radius 3 is 2.76 bits per heavy atom. The molecule has 1 N–H and O–H groups in total. The van der Waals surface area contributed by atoms with Crippen molar-refractivity contribution in [2.24, 2.45) is 4.99 Å². The van der Waals surface area contributed by atoms with Crippen LogP contribution >= 0.6 is 0 Å². The van der Waals surface area contributed by atoms with Crippen molar-refractivity contribution in [1.29, 1.82) is 0 Å². The van der Waals surface area contributed by atoms with Gasteiger partial charge in [0.1, 0.15) is 11.9 Å². The average molecular weight is 499 g/mol. The van der Waals surface area contributed by atoms with Gasteiger partial charge in [0, 0.05) is 50.4 Å². The van der Waals surface area contributed by atoms with Crippen molar-refractivity contribution in [3.63, 3.8) is 0 Å². The van der Waals surface area contributed by atoms with E-state index >= 15 is 0 Å². The van der Waals surface area contributed by atoms with Crippen LogP contribution in [0, 0.1) is 0 Å². The lowest BCUT2D eigenvalue weighted by Crippen LogP contribution is -2.49. The molecule has 6 heterocycles. The van der Waals surface area contributed by atoms with Crippen molar-refractivity contribution in [3.8, 4) is 0 Å². The monoisotopic (exact) mass is 498 g/mol. The van der Waals surface area contributed by atoms with Gasteiger partial charge in [-0.3, -0.25) is 24.7 Å². The lowest BCUT2D eigenvalue weighted by atomic mass is 9.94. The van der Waals surface area contributed by atoms with E-state index in [1.165, 1.54) is 0 Å². The Hall–Kier alpha value is -4.05. The van der Waals surface area contributed by atoms with Gasteiger partial charge in [-0.1, -0.05) is 18.2 Å². The summed E-state index contributed by atoms with van der Waals surface area (Å²) in [6.45, 7) is 2.99. The van der Waals surface area contributed by atoms with E-state index in [0.29, 0.717) is 49.7 Å². The molecule has 10 heteroatoms. The number of para-hydroxylation sites is 1. The molecule has 188 valence electrons. The first-order chi connectivity index (χ1) is 18.1. The molecular weight excluding hydrogens is 472 g/mol. The predicted molar refractivity (Wildman–Crippen MR) is 135 cm³/mol. The maximum Gasteiger partial charge on any atom is 0.261 e. The average Bonchev–Trinajstić information content (AvgIpc) is 3.55. The molecule has 0 spiro atoms. The number of aliphatic imine (C=N–C) groups is 1. The molecule has 1 aromatic carbocycles. The molecule has 0 bridgehead atoms. The third kappa shape index (κ3) is 3.39. The van der Waals surface area contributed by atoms with E-state index in [4.69, 9.17) is 4.74 Å². The van der Waals surface area contributed by atoms with Crippen LogP contribution in [0.4, 0.5) is 5.69 Å². The standard InChI is InChI=1S/C27H26N6O4/c34-25-21(19-15-29-20-6-1-2-8-32(19)20)22(26(35)30-25)23-17-5-3-4-16-14-18(33(24(16)17)9-7-28-23)27(36)31-10-12-37-13-11-31/h3-5,7,9,15,18H,1-2,6,8,10-14H2,(H,30,34,35). The molecule has 0 radical (unpaired) electrons. The zero-order valence-electron chi connectivity index (χ0n) is 20.3. The van der Waals surface area contributed by atoms with Crippen molar-refractivity contribution in [2.75, 3.05) is 31.2 Å². The van der Waals surface area contributed by atoms with Gasteiger partial charge >= 0.3 is 0 Å². The Bertz CT molecular complexity index is 1440. The number of anilines is 1. The van der Waals surface area contributed by atoms with Crippen LogP contribution in [0.1, 0.15) is 35.5 Å². The minimum Gasteiger partial charge on any atom is -0.378 e. The number of rotatable bonds is 3. The van der Waals surface area contributed by atoms with Crippen LogP contribution < -0.4 is 10.2 Å². The van der Waals surface area contributed by atoms with Crippen LogP contribution in [0.25, 0.3) is 5.57 Å². The summed E-state index contributed by atoms with van der Waals surface area (Å²) in [7, 11) is 0. The fourth-order valence-corrected chi connectivity index (χ4v) is 6.08. The van der Waals surface area contributed by atoms with Gasteiger partial charge in [0.15, 0.2) is 0 Å². The summed E-state index contributed by atoms with van der Waals surface area (Å²) in [5.41, 5.74) is 4.24. The van der Waals surface area contributed by atoms with Gasteiger partial charge in [-0.15, -0.1) is 0 Å². The summed E-state index contributed by atoms with van der Waals surface area (Å²) in [4.78, 5) is 52.9. The molecule has 1 aromatic heterocycles. The zero-order valence-corrected chi connectivity index (χ0v) is 20.3. The van der Waals surface area contributed by atoms with Gasteiger partial charge in [-0.2, -0.15) is 0 Å². The summed E-state index contributed by atoms with van der Waals surface area (Å²) in [6.07, 6.45) is 8.59. The molecule has 37 heavy (non-hydrogen) atoms. The Morgan fingerprint density at radius 2 is 1.89 bits per heavy atom. The molecule has 7 rings (SSSR count). The molecule has 1 saturated heterocycles. The van der Waals surface area contributed by atoms with E-state index in [9.17, 15) is 14.4 Å². The van der Waals surface area contributed by atoms with Crippen molar-refractivity contribution in [1.82, 2.24) is 19.8 Å². The van der Waals surface area contributed by atoms with Crippen LogP contribution in [-0.2, 0) is 38.5 Å². The summed E-state index contributed by atoms with van der Waals surface area (Å²) < 4.78 is 7.47. The van der Waals surface area contributed by atoms with E-state index in [1.54, 1.807) is 18.6 Å². The number of imidazole rings is 1. The number of morpholine rings is 1. The molecule has 5 aliphatic rings. The summed E-state index contributed by atoms with van der Waals surface area (Å²) in [5, 5.41) is 2.49.